The summed E-state index contributed by atoms with van der Waals surface area (Å²) < 4.78 is 10.8. The number of ether oxygens (including phenoxy) is 2. The Labute approximate surface area is 211 Å². The van der Waals surface area contributed by atoms with Crippen LogP contribution in [0.4, 0.5) is 0 Å². The van der Waals surface area contributed by atoms with E-state index < -0.39 is 0 Å². The largest absolute Gasteiger partial charge is 0.497 e. The van der Waals surface area contributed by atoms with Crippen LogP contribution in [0.1, 0.15) is 44.6 Å². The lowest BCUT2D eigenvalue weighted by molar-refractivity contribution is 0.321. The molecule has 1 atom stereocenters. The minimum atomic E-state index is 0. The van der Waals surface area contributed by atoms with Gasteiger partial charge in [0.05, 0.1) is 14.2 Å². The van der Waals surface area contributed by atoms with Crippen LogP contribution in [0.25, 0.3) is 0 Å². The first-order valence-corrected chi connectivity index (χ1v) is 11.9. The molecule has 1 unspecified atom stereocenters. The molecular weight excluding hydrogens is 517 g/mol. The van der Waals surface area contributed by atoms with Gasteiger partial charge >= 0.3 is 0 Å². The number of methoxy groups -OCH3 is 2. The third kappa shape index (κ3) is 8.94. The normalized spacial score (nSPS) is 19.6. The Balaban J connectivity index is 0.00000363. The first-order chi connectivity index (χ1) is 15.2. The van der Waals surface area contributed by atoms with Gasteiger partial charge in [0.2, 0.25) is 0 Å². The van der Waals surface area contributed by atoms with Crippen molar-refractivity contribution in [2.24, 2.45) is 4.99 Å². The third-order valence-corrected chi connectivity index (χ3v) is 6.13. The van der Waals surface area contributed by atoms with Gasteiger partial charge in [-0.15, -0.1) is 24.0 Å². The highest BCUT2D eigenvalue weighted by Gasteiger charge is 2.23. The molecule has 2 aliphatic rings. The molecule has 182 valence electrons. The summed E-state index contributed by atoms with van der Waals surface area (Å²) in [6, 6.07) is 6.53. The standard InChI is InChI=1S/C24H41N5O2.HI/c1-4-25-24(26-10-5-6-11-28-12-7-8-13-28)27-21-9-14-29(19-21)18-20-15-22(30-2)17-23(16-20)31-3;/h15-17,21H,4-14,18-19H2,1-3H3,(H2,25,26,27);1H. The van der Waals surface area contributed by atoms with Crippen LogP contribution in [0, 0.1) is 0 Å². The van der Waals surface area contributed by atoms with E-state index >= 15 is 0 Å². The molecule has 0 amide bonds. The fourth-order valence-corrected chi connectivity index (χ4v) is 4.47. The Bertz CT molecular complexity index is 675. The minimum Gasteiger partial charge on any atom is -0.497 e. The smallest absolute Gasteiger partial charge is 0.191 e. The van der Waals surface area contributed by atoms with Crippen molar-refractivity contribution in [2.75, 3.05) is 60.0 Å². The number of hydrogen-bond acceptors (Lipinski definition) is 5. The van der Waals surface area contributed by atoms with Crippen LogP contribution in [0.15, 0.2) is 23.2 Å². The average molecular weight is 560 g/mol. The van der Waals surface area contributed by atoms with Crippen molar-refractivity contribution in [2.45, 2.75) is 51.6 Å². The van der Waals surface area contributed by atoms with Crippen LogP contribution in [0.3, 0.4) is 0 Å². The maximum Gasteiger partial charge on any atom is 0.191 e. The summed E-state index contributed by atoms with van der Waals surface area (Å²) in [5.74, 6) is 2.64. The maximum atomic E-state index is 5.41. The SMILES string of the molecule is CCNC(=NCCCCN1CCCC1)NC1CCN(Cc2cc(OC)cc(OC)c2)C1.I. The zero-order chi connectivity index (χ0) is 21.9. The molecule has 2 saturated heterocycles. The van der Waals surface area contributed by atoms with Crippen LogP contribution in [-0.4, -0.2) is 81.8 Å². The summed E-state index contributed by atoms with van der Waals surface area (Å²) >= 11 is 0. The number of likely N-dealkylation sites (tertiary alicyclic amines) is 2. The molecule has 2 aliphatic heterocycles. The Morgan fingerprint density at radius 1 is 1.03 bits per heavy atom. The van der Waals surface area contributed by atoms with Crippen molar-refractivity contribution in [3.63, 3.8) is 0 Å². The molecule has 2 fully saturated rings. The molecule has 2 N–H and O–H groups in total. The number of halogens is 1. The summed E-state index contributed by atoms with van der Waals surface area (Å²) in [7, 11) is 3.39. The summed E-state index contributed by atoms with van der Waals surface area (Å²) in [5, 5.41) is 7.06. The summed E-state index contributed by atoms with van der Waals surface area (Å²) in [4.78, 5) is 9.88. The Kier molecular flexibility index (Phi) is 12.5. The van der Waals surface area contributed by atoms with Gasteiger partial charge in [-0.2, -0.15) is 0 Å². The van der Waals surface area contributed by atoms with E-state index in [2.05, 4.69) is 39.5 Å². The van der Waals surface area contributed by atoms with Gasteiger partial charge in [0.1, 0.15) is 11.5 Å². The van der Waals surface area contributed by atoms with E-state index in [0.29, 0.717) is 6.04 Å². The second-order valence-electron chi connectivity index (χ2n) is 8.60. The summed E-state index contributed by atoms with van der Waals surface area (Å²) in [6.07, 6.45) is 6.26. The molecule has 7 nitrogen and oxygen atoms in total. The van der Waals surface area contributed by atoms with Crippen LogP contribution in [0.2, 0.25) is 0 Å². The van der Waals surface area contributed by atoms with E-state index in [4.69, 9.17) is 14.5 Å². The second kappa shape index (κ2) is 14.8. The van der Waals surface area contributed by atoms with Crippen molar-refractivity contribution >= 4 is 29.9 Å². The van der Waals surface area contributed by atoms with Crippen LogP contribution in [0.5, 0.6) is 11.5 Å². The lowest BCUT2D eigenvalue weighted by Crippen LogP contribution is -2.44. The van der Waals surface area contributed by atoms with Crippen molar-refractivity contribution in [1.29, 1.82) is 0 Å². The highest BCUT2D eigenvalue weighted by atomic mass is 127. The van der Waals surface area contributed by atoms with Gasteiger partial charge in [-0.3, -0.25) is 9.89 Å². The van der Waals surface area contributed by atoms with E-state index in [9.17, 15) is 0 Å². The number of nitrogens with zero attached hydrogens (tertiary/aromatic N) is 3. The van der Waals surface area contributed by atoms with Crippen LogP contribution < -0.4 is 20.1 Å². The monoisotopic (exact) mass is 559 g/mol. The number of hydrogen-bond donors (Lipinski definition) is 2. The molecule has 0 bridgehead atoms. The Morgan fingerprint density at radius 3 is 2.41 bits per heavy atom. The van der Waals surface area contributed by atoms with Crippen molar-refractivity contribution in [3.8, 4) is 11.5 Å². The first-order valence-electron chi connectivity index (χ1n) is 11.9. The van der Waals surface area contributed by atoms with E-state index in [1.165, 1.54) is 44.5 Å². The number of benzene rings is 1. The van der Waals surface area contributed by atoms with Crippen LogP contribution in [-0.2, 0) is 6.54 Å². The molecule has 0 aromatic heterocycles. The number of rotatable bonds is 11. The number of aliphatic imine (C=N–C) groups is 1. The molecule has 8 heteroatoms. The molecule has 0 saturated carbocycles. The molecule has 1 aromatic carbocycles. The van der Waals surface area contributed by atoms with Crippen molar-refractivity contribution < 1.29 is 9.47 Å². The zero-order valence-electron chi connectivity index (χ0n) is 20.1. The molecule has 0 radical (unpaired) electrons. The highest BCUT2D eigenvalue weighted by molar-refractivity contribution is 14.0. The first kappa shape index (κ1) is 27.0. The fraction of sp³-hybridized carbons (Fsp3) is 0.708. The minimum absolute atomic E-state index is 0. The predicted octanol–water partition coefficient (Wildman–Crippen LogP) is 3.33. The van der Waals surface area contributed by atoms with Crippen molar-refractivity contribution in [1.82, 2.24) is 20.4 Å². The molecule has 0 aliphatic carbocycles. The predicted molar refractivity (Wildman–Crippen MR) is 143 cm³/mol. The molecular formula is C24H42IN5O2. The quantitative estimate of drug-likeness (QED) is 0.188. The van der Waals surface area contributed by atoms with E-state index in [1.54, 1.807) is 14.2 Å². The van der Waals surface area contributed by atoms with Gasteiger partial charge in [0.25, 0.3) is 0 Å². The molecule has 0 spiro atoms. The van der Waals surface area contributed by atoms with Gasteiger partial charge < -0.3 is 25.0 Å². The molecule has 3 rings (SSSR count). The van der Waals surface area contributed by atoms with Gasteiger partial charge in [0.15, 0.2) is 5.96 Å². The second-order valence-corrected chi connectivity index (χ2v) is 8.60. The van der Waals surface area contributed by atoms with E-state index in [1.807, 2.05) is 6.07 Å². The number of nitrogens with one attached hydrogen (secondary N) is 2. The Morgan fingerprint density at radius 2 is 1.75 bits per heavy atom. The summed E-state index contributed by atoms with van der Waals surface area (Å²) in [6.45, 7) is 10.7. The van der Waals surface area contributed by atoms with Crippen LogP contribution >= 0.6 is 24.0 Å². The van der Waals surface area contributed by atoms with Gasteiger partial charge in [-0.1, -0.05) is 0 Å². The molecule has 1 aromatic rings. The van der Waals surface area contributed by atoms with E-state index in [-0.39, 0.29) is 24.0 Å². The average Bonchev–Trinajstić information content (AvgIpc) is 3.45. The highest BCUT2D eigenvalue weighted by Crippen LogP contribution is 2.24. The molecule has 32 heavy (non-hydrogen) atoms. The lowest BCUT2D eigenvalue weighted by Gasteiger charge is -2.19. The Hall–Kier alpha value is -1.26. The lowest BCUT2D eigenvalue weighted by atomic mass is 10.2. The summed E-state index contributed by atoms with van der Waals surface area (Å²) in [5.41, 5.74) is 1.22. The van der Waals surface area contributed by atoms with E-state index in [0.717, 1.165) is 63.0 Å². The molecule has 2 heterocycles. The topological polar surface area (TPSA) is 61.4 Å². The maximum absolute atomic E-state index is 5.41. The number of unbranched alkanes of at least 4 members (excludes halogenated alkanes) is 1. The van der Waals surface area contributed by atoms with Gasteiger partial charge in [-0.05, 0) is 76.4 Å². The zero-order valence-corrected chi connectivity index (χ0v) is 22.4. The number of guanidine groups is 1. The third-order valence-electron chi connectivity index (χ3n) is 6.13. The van der Waals surface area contributed by atoms with Gasteiger partial charge in [-0.25, -0.2) is 0 Å². The fourth-order valence-electron chi connectivity index (χ4n) is 4.47. The van der Waals surface area contributed by atoms with Crippen molar-refractivity contribution in [3.05, 3.63) is 23.8 Å². The van der Waals surface area contributed by atoms with Gasteiger partial charge in [0, 0.05) is 44.8 Å².